The van der Waals surface area contributed by atoms with Crippen LogP contribution in [-0.2, 0) is 28.7 Å². The molecule has 1 atom stereocenters. The number of hydrogen-bond donors (Lipinski definition) is 2. The highest BCUT2D eigenvalue weighted by molar-refractivity contribution is 5.75. The predicted octanol–water partition coefficient (Wildman–Crippen LogP) is 3.49. The van der Waals surface area contributed by atoms with E-state index in [0.29, 0.717) is 25.1 Å². The molecule has 1 aromatic rings. The number of hydrogen-bond acceptors (Lipinski definition) is 4. The van der Waals surface area contributed by atoms with E-state index in [0.717, 1.165) is 37.0 Å². The van der Waals surface area contributed by atoms with Crippen molar-refractivity contribution in [2.24, 2.45) is 5.73 Å². The highest BCUT2D eigenvalue weighted by Gasteiger charge is 2.31. The van der Waals surface area contributed by atoms with E-state index in [1.807, 2.05) is 0 Å². The van der Waals surface area contributed by atoms with Gasteiger partial charge < -0.3 is 15.8 Å². The fourth-order valence-corrected chi connectivity index (χ4v) is 3.74. The Kier molecular flexibility index (Phi) is 10.1. The number of unbranched alkanes of at least 4 members (excludes halogenated alkanes) is 1. The number of fused-ring (bicyclic) bond motifs is 1. The minimum absolute atomic E-state index is 0.0791. The highest BCUT2D eigenvalue weighted by Crippen LogP contribution is 2.32. The summed E-state index contributed by atoms with van der Waals surface area (Å²) in [6.07, 6.45) is 2.62. The Morgan fingerprint density at radius 3 is 2.77 bits per heavy atom. The minimum Gasteiger partial charge on any atom is -0.381 e. The van der Waals surface area contributed by atoms with Gasteiger partial charge >= 0.3 is 6.18 Å². The van der Waals surface area contributed by atoms with Crippen molar-refractivity contribution in [1.29, 1.82) is 0 Å². The molecule has 170 valence electrons. The van der Waals surface area contributed by atoms with Crippen LogP contribution in [0.1, 0.15) is 55.7 Å². The molecule has 0 saturated carbocycles. The number of benzene rings is 1. The van der Waals surface area contributed by atoms with E-state index in [1.54, 1.807) is 4.90 Å². The number of alkyl halides is 3. The maximum Gasteiger partial charge on any atom is 0.416 e. The zero-order chi connectivity index (χ0) is 22.0. The summed E-state index contributed by atoms with van der Waals surface area (Å²) < 4.78 is 43.1. The molecule has 1 aromatic carbocycles. The first-order valence-corrected chi connectivity index (χ1v) is 10.8. The Bertz CT molecular complexity index is 660. The largest absolute Gasteiger partial charge is 0.416 e. The Morgan fingerprint density at radius 2 is 2.07 bits per heavy atom. The van der Waals surface area contributed by atoms with E-state index in [9.17, 15) is 18.0 Å². The number of nitrogens with two attached hydrogens (primary N) is 1. The van der Waals surface area contributed by atoms with Gasteiger partial charge in [-0.2, -0.15) is 13.2 Å². The normalized spacial score (nSPS) is 19.9. The van der Waals surface area contributed by atoms with Crippen LogP contribution in [-0.4, -0.2) is 49.7 Å². The molecular weight excluding hydrogens is 395 g/mol. The van der Waals surface area contributed by atoms with Gasteiger partial charge in [-0.3, -0.25) is 9.69 Å². The molecule has 1 saturated heterocycles. The fraction of sp³-hybridized carbons (Fsp3) is 0.682. The van der Waals surface area contributed by atoms with Crippen LogP contribution in [0, 0.1) is 0 Å². The smallest absolute Gasteiger partial charge is 0.381 e. The Hall–Kier alpha value is -1.64. The van der Waals surface area contributed by atoms with Crippen molar-refractivity contribution in [2.75, 3.05) is 32.8 Å². The molecule has 1 amide bonds. The third-order valence-corrected chi connectivity index (χ3v) is 5.42. The van der Waals surface area contributed by atoms with Gasteiger partial charge in [0.05, 0.1) is 12.1 Å². The molecular formula is C22H34F3N3O2. The number of carbonyl (C=O) groups is 1. The first-order valence-electron chi connectivity index (χ1n) is 10.8. The van der Waals surface area contributed by atoms with Crippen molar-refractivity contribution >= 4 is 5.91 Å². The summed E-state index contributed by atoms with van der Waals surface area (Å²) in [6.45, 7) is 6.38. The molecule has 0 spiro atoms. The molecule has 3 N–H and O–H groups in total. The summed E-state index contributed by atoms with van der Waals surface area (Å²) in [4.78, 5) is 12.6. The number of nitrogens with one attached hydrogen (secondary N) is 1. The van der Waals surface area contributed by atoms with E-state index >= 15 is 0 Å². The van der Waals surface area contributed by atoms with Crippen LogP contribution in [0.3, 0.4) is 0 Å². The van der Waals surface area contributed by atoms with Gasteiger partial charge in [-0.15, -0.1) is 0 Å². The molecule has 2 aliphatic rings. The summed E-state index contributed by atoms with van der Waals surface area (Å²) in [5, 5.41) is 3.58. The molecule has 0 aromatic heterocycles. The van der Waals surface area contributed by atoms with Gasteiger partial charge in [0.1, 0.15) is 0 Å². The Balaban J connectivity index is 0.000000232. The molecule has 30 heavy (non-hydrogen) atoms. The second-order valence-electron chi connectivity index (χ2n) is 7.96. The van der Waals surface area contributed by atoms with Crippen molar-refractivity contribution in [3.8, 4) is 0 Å². The highest BCUT2D eigenvalue weighted by atomic mass is 19.4. The number of carbonyl (C=O) groups excluding carboxylic acids is 1. The molecule has 2 aliphatic heterocycles. The zero-order valence-corrected chi connectivity index (χ0v) is 17.8. The number of amides is 1. The number of halogens is 3. The maximum absolute atomic E-state index is 12.6. The molecule has 0 radical (unpaired) electrons. The van der Waals surface area contributed by atoms with Crippen molar-refractivity contribution in [2.45, 2.75) is 64.2 Å². The van der Waals surface area contributed by atoms with Crippen molar-refractivity contribution < 1.29 is 22.7 Å². The van der Waals surface area contributed by atoms with Gasteiger partial charge in [0.15, 0.2) is 0 Å². The quantitative estimate of drug-likeness (QED) is 0.680. The summed E-state index contributed by atoms with van der Waals surface area (Å²) in [6, 6.07) is 4.49. The lowest BCUT2D eigenvalue weighted by Crippen LogP contribution is -2.37. The van der Waals surface area contributed by atoms with Crippen LogP contribution in [0.2, 0.25) is 0 Å². The van der Waals surface area contributed by atoms with Gasteiger partial charge in [-0.25, -0.2) is 0 Å². The van der Waals surface area contributed by atoms with Gasteiger partial charge in [0.2, 0.25) is 5.91 Å². The lowest BCUT2D eigenvalue weighted by Gasteiger charge is -2.28. The van der Waals surface area contributed by atoms with Gasteiger partial charge in [0.25, 0.3) is 0 Å². The minimum atomic E-state index is -4.33. The molecule has 1 unspecified atom stereocenters. The first kappa shape index (κ1) is 24.6. The van der Waals surface area contributed by atoms with Crippen LogP contribution in [0.25, 0.3) is 0 Å². The fourth-order valence-electron chi connectivity index (χ4n) is 3.74. The molecule has 0 bridgehead atoms. The summed E-state index contributed by atoms with van der Waals surface area (Å²) in [5.41, 5.74) is 5.96. The lowest BCUT2D eigenvalue weighted by atomic mass is 9.97. The van der Waals surface area contributed by atoms with E-state index in [4.69, 9.17) is 10.5 Å². The Labute approximate surface area is 177 Å². The molecule has 2 heterocycles. The standard InChI is InChI=1S/C12H13F3N2O.C10H21NO/c13-12(14,15)10-2-1-8-3-4-17(7-11(16)18)6-9(8)5-10;1-2-3-7-11-10-5-4-8-12-9-6-10/h1-2,5H,3-4,6-7H2,(H2,16,18);10-11H,2-9H2,1H3. The van der Waals surface area contributed by atoms with Crippen LogP contribution in [0.4, 0.5) is 13.2 Å². The number of nitrogens with zero attached hydrogens (tertiary/aromatic N) is 1. The monoisotopic (exact) mass is 429 g/mol. The number of rotatable bonds is 6. The van der Waals surface area contributed by atoms with E-state index < -0.39 is 17.6 Å². The predicted molar refractivity (Wildman–Crippen MR) is 111 cm³/mol. The molecule has 3 rings (SSSR count). The van der Waals surface area contributed by atoms with Crippen LogP contribution in [0.15, 0.2) is 18.2 Å². The average molecular weight is 430 g/mol. The van der Waals surface area contributed by atoms with Gasteiger partial charge in [0, 0.05) is 32.3 Å². The van der Waals surface area contributed by atoms with Crippen LogP contribution >= 0.6 is 0 Å². The van der Waals surface area contributed by atoms with E-state index in [1.165, 1.54) is 44.7 Å². The summed E-state index contributed by atoms with van der Waals surface area (Å²) in [5.74, 6) is -0.467. The molecule has 1 fully saturated rings. The third kappa shape index (κ3) is 8.62. The van der Waals surface area contributed by atoms with E-state index in [-0.39, 0.29) is 6.54 Å². The second-order valence-corrected chi connectivity index (χ2v) is 7.96. The third-order valence-electron chi connectivity index (χ3n) is 5.42. The topological polar surface area (TPSA) is 67.6 Å². The number of ether oxygens (including phenoxy) is 1. The zero-order valence-electron chi connectivity index (χ0n) is 17.8. The van der Waals surface area contributed by atoms with Crippen LogP contribution < -0.4 is 11.1 Å². The van der Waals surface area contributed by atoms with Crippen molar-refractivity contribution in [3.05, 3.63) is 34.9 Å². The van der Waals surface area contributed by atoms with Crippen molar-refractivity contribution in [1.82, 2.24) is 10.2 Å². The van der Waals surface area contributed by atoms with Crippen molar-refractivity contribution in [3.63, 3.8) is 0 Å². The average Bonchev–Trinajstić information content (AvgIpc) is 2.96. The first-order chi connectivity index (χ1) is 14.3. The Morgan fingerprint density at radius 1 is 1.27 bits per heavy atom. The van der Waals surface area contributed by atoms with Gasteiger partial charge in [-0.1, -0.05) is 19.4 Å². The number of primary amides is 1. The molecule has 0 aliphatic carbocycles. The molecule has 8 heteroatoms. The van der Waals surface area contributed by atoms with E-state index in [2.05, 4.69) is 12.2 Å². The summed E-state index contributed by atoms with van der Waals surface area (Å²) in [7, 11) is 0. The van der Waals surface area contributed by atoms with Gasteiger partial charge in [-0.05, 0) is 61.9 Å². The molecule has 5 nitrogen and oxygen atoms in total. The van der Waals surface area contributed by atoms with Crippen LogP contribution in [0.5, 0.6) is 0 Å². The second kappa shape index (κ2) is 12.3. The summed E-state index contributed by atoms with van der Waals surface area (Å²) >= 11 is 0. The lowest BCUT2D eigenvalue weighted by molar-refractivity contribution is -0.137. The maximum atomic E-state index is 12.6. The SMILES string of the molecule is CCCCNC1CCCOCC1.NC(=O)CN1CCc2ccc(C(F)(F)F)cc2C1.